The van der Waals surface area contributed by atoms with Crippen LogP contribution in [0.5, 0.6) is 0 Å². The molecule has 0 spiro atoms. The molecule has 3 fully saturated rings. The Balaban J connectivity index is 1.67. The molecule has 2 aliphatic heterocycles. The lowest BCUT2D eigenvalue weighted by Crippen LogP contribution is -2.49. The molecule has 3 rings (SSSR count). The average molecular weight is 322 g/mol. The molecule has 0 unspecified atom stereocenters. The van der Waals surface area contributed by atoms with Gasteiger partial charge in [0.25, 0.3) is 0 Å². The van der Waals surface area contributed by atoms with Crippen molar-refractivity contribution in [1.82, 2.24) is 9.80 Å². The lowest BCUT2D eigenvalue weighted by Gasteiger charge is -2.40. The van der Waals surface area contributed by atoms with Crippen molar-refractivity contribution >= 4 is 11.8 Å². The number of amides is 2. The molecule has 1 aliphatic carbocycles. The Morgan fingerprint density at radius 1 is 1.26 bits per heavy atom. The molecule has 0 N–H and O–H groups in total. The molecular formula is C18H30N2O3. The molecule has 23 heavy (non-hydrogen) atoms. The first kappa shape index (κ1) is 16.7. The SMILES string of the molecule is COC[C@@H]1CN(C)C(=O)[C@H]2CCN(C(=O)C3CC(C)C3)CC[C@@H]12. The zero-order valence-corrected chi connectivity index (χ0v) is 14.7. The van der Waals surface area contributed by atoms with Crippen molar-refractivity contribution in [2.75, 3.05) is 40.4 Å². The molecule has 3 aliphatic rings. The number of ether oxygens (including phenoxy) is 1. The van der Waals surface area contributed by atoms with Crippen molar-refractivity contribution < 1.29 is 14.3 Å². The number of piperidine rings is 1. The van der Waals surface area contributed by atoms with Gasteiger partial charge in [-0.15, -0.1) is 0 Å². The second-order valence-corrected chi connectivity index (χ2v) is 7.88. The number of hydrogen-bond donors (Lipinski definition) is 0. The van der Waals surface area contributed by atoms with Crippen molar-refractivity contribution in [1.29, 1.82) is 0 Å². The summed E-state index contributed by atoms with van der Waals surface area (Å²) in [6.45, 7) is 5.24. The van der Waals surface area contributed by atoms with Gasteiger partial charge in [0.05, 0.1) is 6.61 Å². The van der Waals surface area contributed by atoms with Crippen LogP contribution in [0.2, 0.25) is 0 Å². The van der Waals surface area contributed by atoms with Crippen LogP contribution in [0.4, 0.5) is 0 Å². The summed E-state index contributed by atoms with van der Waals surface area (Å²) >= 11 is 0. The smallest absolute Gasteiger partial charge is 0.225 e. The third kappa shape index (κ3) is 3.25. The first-order valence-corrected chi connectivity index (χ1v) is 9.04. The van der Waals surface area contributed by atoms with Crippen LogP contribution in [0.25, 0.3) is 0 Å². The van der Waals surface area contributed by atoms with Crippen LogP contribution < -0.4 is 0 Å². The summed E-state index contributed by atoms with van der Waals surface area (Å²) in [4.78, 5) is 29.1. The van der Waals surface area contributed by atoms with Gasteiger partial charge in [-0.05, 0) is 37.5 Å². The Hall–Kier alpha value is -1.10. The first-order valence-electron chi connectivity index (χ1n) is 9.04. The second-order valence-electron chi connectivity index (χ2n) is 7.88. The Labute approximate surface area is 139 Å². The number of hydrogen-bond acceptors (Lipinski definition) is 3. The van der Waals surface area contributed by atoms with E-state index in [4.69, 9.17) is 4.74 Å². The van der Waals surface area contributed by atoms with Crippen molar-refractivity contribution in [3.05, 3.63) is 0 Å². The van der Waals surface area contributed by atoms with E-state index in [0.717, 1.165) is 45.3 Å². The van der Waals surface area contributed by atoms with Crippen LogP contribution in [-0.2, 0) is 14.3 Å². The lowest BCUT2D eigenvalue weighted by molar-refractivity contribution is -0.144. The minimum absolute atomic E-state index is 0.0621. The van der Waals surface area contributed by atoms with Crippen LogP contribution in [0.1, 0.15) is 32.6 Å². The molecule has 0 bridgehead atoms. The van der Waals surface area contributed by atoms with Gasteiger partial charge in [-0.2, -0.15) is 0 Å². The van der Waals surface area contributed by atoms with Gasteiger partial charge >= 0.3 is 0 Å². The minimum atomic E-state index is 0.0621. The number of methoxy groups -OCH3 is 1. The van der Waals surface area contributed by atoms with Gasteiger partial charge in [-0.25, -0.2) is 0 Å². The zero-order valence-electron chi connectivity index (χ0n) is 14.7. The van der Waals surface area contributed by atoms with Crippen LogP contribution in [-0.4, -0.2) is 62.0 Å². The van der Waals surface area contributed by atoms with Gasteiger partial charge in [0.15, 0.2) is 0 Å². The van der Waals surface area contributed by atoms with Crippen molar-refractivity contribution in [2.45, 2.75) is 32.6 Å². The molecule has 0 aromatic carbocycles. The summed E-state index contributed by atoms with van der Waals surface area (Å²) in [5.74, 6) is 2.33. The maximum absolute atomic E-state index is 12.6. The second kappa shape index (κ2) is 6.80. The number of fused-ring (bicyclic) bond motifs is 1. The monoisotopic (exact) mass is 322 g/mol. The fourth-order valence-corrected chi connectivity index (χ4v) is 4.83. The lowest BCUT2D eigenvalue weighted by atomic mass is 9.75. The molecule has 2 saturated heterocycles. The van der Waals surface area contributed by atoms with Gasteiger partial charge in [0.2, 0.25) is 11.8 Å². The maximum atomic E-state index is 12.6. The van der Waals surface area contributed by atoms with Crippen molar-refractivity contribution in [3.8, 4) is 0 Å². The average Bonchev–Trinajstić information content (AvgIpc) is 2.72. The summed E-state index contributed by atoms with van der Waals surface area (Å²) in [7, 11) is 3.63. The zero-order chi connectivity index (χ0) is 16.6. The first-order chi connectivity index (χ1) is 11.0. The van der Waals surface area contributed by atoms with E-state index in [1.807, 2.05) is 16.8 Å². The molecule has 0 aromatic heterocycles. The Bertz CT molecular complexity index is 461. The molecule has 2 heterocycles. The van der Waals surface area contributed by atoms with E-state index in [2.05, 4.69) is 6.92 Å². The highest BCUT2D eigenvalue weighted by atomic mass is 16.5. The van der Waals surface area contributed by atoms with Crippen LogP contribution in [0.3, 0.4) is 0 Å². The number of carbonyl (C=O) groups is 2. The molecule has 1 saturated carbocycles. The number of likely N-dealkylation sites (tertiary alicyclic amines) is 2. The molecule has 130 valence electrons. The fourth-order valence-electron chi connectivity index (χ4n) is 4.83. The maximum Gasteiger partial charge on any atom is 0.225 e. The van der Waals surface area contributed by atoms with E-state index in [-0.39, 0.29) is 17.7 Å². The van der Waals surface area contributed by atoms with Gasteiger partial charge in [0, 0.05) is 51.5 Å². The molecular weight excluding hydrogens is 292 g/mol. The van der Waals surface area contributed by atoms with Gasteiger partial charge in [0.1, 0.15) is 0 Å². The highest BCUT2D eigenvalue weighted by Gasteiger charge is 2.44. The topological polar surface area (TPSA) is 49.9 Å². The summed E-state index contributed by atoms with van der Waals surface area (Å²) in [5.41, 5.74) is 0. The van der Waals surface area contributed by atoms with E-state index in [9.17, 15) is 9.59 Å². The van der Waals surface area contributed by atoms with Crippen LogP contribution in [0.15, 0.2) is 0 Å². The number of nitrogens with zero attached hydrogens (tertiary/aromatic N) is 2. The molecule has 0 aromatic rings. The predicted octanol–water partition coefficient (Wildman–Crippen LogP) is 1.62. The standard InChI is InChI=1S/C18H30N2O3/c1-12-8-13(9-12)17(21)20-6-4-15-14(11-23-3)10-19(2)18(22)16(15)5-7-20/h12-16H,4-11H2,1-3H3/t12?,13?,14-,15-,16-/m0/s1. The minimum Gasteiger partial charge on any atom is -0.384 e. The molecule has 5 nitrogen and oxygen atoms in total. The summed E-state index contributed by atoms with van der Waals surface area (Å²) < 4.78 is 5.39. The van der Waals surface area contributed by atoms with Gasteiger partial charge < -0.3 is 14.5 Å². The van der Waals surface area contributed by atoms with Crippen molar-refractivity contribution in [3.63, 3.8) is 0 Å². The van der Waals surface area contributed by atoms with E-state index >= 15 is 0 Å². The molecule has 3 atom stereocenters. The molecule has 2 amide bonds. The fraction of sp³-hybridized carbons (Fsp3) is 0.889. The summed E-state index contributed by atoms with van der Waals surface area (Å²) in [6, 6.07) is 0. The molecule has 0 radical (unpaired) electrons. The van der Waals surface area contributed by atoms with Gasteiger partial charge in [-0.1, -0.05) is 6.92 Å². The number of carbonyl (C=O) groups excluding carboxylic acids is 2. The summed E-state index contributed by atoms with van der Waals surface area (Å²) in [5, 5.41) is 0. The van der Waals surface area contributed by atoms with E-state index in [1.54, 1.807) is 7.11 Å². The highest BCUT2D eigenvalue weighted by molar-refractivity contribution is 5.81. The number of rotatable bonds is 3. The Morgan fingerprint density at radius 2 is 1.96 bits per heavy atom. The predicted molar refractivity (Wildman–Crippen MR) is 87.7 cm³/mol. The molecule has 5 heteroatoms. The van der Waals surface area contributed by atoms with E-state index in [0.29, 0.717) is 30.3 Å². The third-order valence-electron chi connectivity index (χ3n) is 6.18. The highest BCUT2D eigenvalue weighted by Crippen LogP contribution is 2.38. The quantitative estimate of drug-likeness (QED) is 0.793. The third-order valence-corrected chi connectivity index (χ3v) is 6.18. The Kier molecular flexibility index (Phi) is 4.95. The summed E-state index contributed by atoms with van der Waals surface area (Å²) in [6.07, 6.45) is 3.82. The van der Waals surface area contributed by atoms with Crippen molar-refractivity contribution in [2.24, 2.45) is 29.6 Å². The van der Waals surface area contributed by atoms with Crippen LogP contribution in [0, 0.1) is 29.6 Å². The Morgan fingerprint density at radius 3 is 2.61 bits per heavy atom. The van der Waals surface area contributed by atoms with E-state index < -0.39 is 0 Å². The van der Waals surface area contributed by atoms with Gasteiger partial charge in [-0.3, -0.25) is 9.59 Å². The van der Waals surface area contributed by atoms with E-state index in [1.165, 1.54) is 0 Å². The van der Waals surface area contributed by atoms with Crippen LogP contribution >= 0.6 is 0 Å². The largest absolute Gasteiger partial charge is 0.384 e. The normalized spacial score (nSPS) is 37.9.